The fourth-order valence-electron chi connectivity index (χ4n) is 1.97. The van der Waals surface area contributed by atoms with Crippen molar-refractivity contribution in [2.45, 2.75) is 6.42 Å². The Balaban J connectivity index is 1.69. The fourth-order valence-corrected chi connectivity index (χ4v) is 1.97. The van der Waals surface area contributed by atoms with Crippen LogP contribution < -0.4 is 5.32 Å². The van der Waals surface area contributed by atoms with Gasteiger partial charge in [0, 0.05) is 44.0 Å². The van der Waals surface area contributed by atoms with Gasteiger partial charge in [0.05, 0.1) is 12.1 Å². The predicted octanol–water partition coefficient (Wildman–Crippen LogP) is 1.32. The van der Waals surface area contributed by atoms with Gasteiger partial charge in [0.2, 0.25) is 11.9 Å². The third kappa shape index (κ3) is 3.00. The van der Waals surface area contributed by atoms with E-state index >= 15 is 0 Å². The summed E-state index contributed by atoms with van der Waals surface area (Å²) in [4.78, 5) is 19.5. The van der Waals surface area contributed by atoms with E-state index in [0.717, 1.165) is 0 Å². The highest BCUT2D eigenvalue weighted by Crippen LogP contribution is 2.11. The number of aryl methyl sites for hydroxylation is 1. The van der Waals surface area contributed by atoms with E-state index in [2.05, 4.69) is 20.4 Å². The van der Waals surface area contributed by atoms with Crippen molar-refractivity contribution in [2.75, 3.05) is 5.32 Å². The second-order valence-electron chi connectivity index (χ2n) is 4.66. The standard InChI is InChI=1S/C14H13FN6O/c1-20-7-5-17-13(20)9-14(22)18-12-3-6-21(19-12)10-2-4-16-11(15)8-10/h2-8H,9H2,1H3,(H,18,19,22). The van der Waals surface area contributed by atoms with Crippen LogP contribution in [0.4, 0.5) is 10.2 Å². The minimum atomic E-state index is -0.589. The SMILES string of the molecule is Cn1ccnc1CC(=O)Nc1ccn(-c2ccnc(F)c2)n1. The molecule has 8 heteroatoms. The van der Waals surface area contributed by atoms with E-state index in [1.165, 1.54) is 16.9 Å². The Morgan fingerprint density at radius 1 is 1.27 bits per heavy atom. The number of pyridine rings is 1. The van der Waals surface area contributed by atoms with Crippen molar-refractivity contribution >= 4 is 11.7 Å². The molecule has 0 aromatic carbocycles. The lowest BCUT2D eigenvalue weighted by atomic mass is 10.4. The molecule has 112 valence electrons. The lowest BCUT2D eigenvalue weighted by Gasteiger charge is -2.03. The number of carbonyl (C=O) groups is 1. The number of aromatic nitrogens is 5. The maximum Gasteiger partial charge on any atom is 0.233 e. The first kappa shape index (κ1) is 13.9. The van der Waals surface area contributed by atoms with Gasteiger partial charge in [-0.15, -0.1) is 0 Å². The zero-order chi connectivity index (χ0) is 15.5. The van der Waals surface area contributed by atoms with Crippen LogP contribution in [-0.4, -0.2) is 30.2 Å². The van der Waals surface area contributed by atoms with Crippen LogP contribution in [0.3, 0.4) is 0 Å². The van der Waals surface area contributed by atoms with Crippen LogP contribution in [-0.2, 0) is 18.3 Å². The summed E-state index contributed by atoms with van der Waals surface area (Å²) in [5.74, 6) is 0.235. The highest BCUT2D eigenvalue weighted by Gasteiger charge is 2.10. The number of anilines is 1. The molecule has 0 radical (unpaired) electrons. The molecule has 0 aliphatic heterocycles. The van der Waals surface area contributed by atoms with E-state index in [0.29, 0.717) is 17.3 Å². The molecule has 3 aromatic heterocycles. The number of hydrogen-bond acceptors (Lipinski definition) is 4. The third-order valence-electron chi connectivity index (χ3n) is 3.07. The molecule has 1 N–H and O–H groups in total. The Bertz CT molecular complexity index is 809. The first-order valence-corrected chi connectivity index (χ1v) is 6.55. The van der Waals surface area contributed by atoms with Gasteiger partial charge in [-0.25, -0.2) is 14.6 Å². The van der Waals surface area contributed by atoms with Gasteiger partial charge >= 0.3 is 0 Å². The number of rotatable bonds is 4. The lowest BCUT2D eigenvalue weighted by molar-refractivity contribution is -0.115. The second-order valence-corrected chi connectivity index (χ2v) is 4.66. The fraction of sp³-hybridized carbons (Fsp3) is 0.143. The Kier molecular flexibility index (Phi) is 3.65. The van der Waals surface area contributed by atoms with Crippen molar-refractivity contribution in [3.8, 4) is 5.69 Å². The minimum Gasteiger partial charge on any atom is -0.338 e. The normalized spacial score (nSPS) is 10.6. The molecule has 0 aliphatic rings. The monoisotopic (exact) mass is 300 g/mol. The molecule has 7 nitrogen and oxygen atoms in total. The topological polar surface area (TPSA) is 77.6 Å². The summed E-state index contributed by atoms with van der Waals surface area (Å²) < 4.78 is 16.3. The van der Waals surface area contributed by atoms with Crippen molar-refractivity contribution in [3.05, 3.63) is 54.8 Å². The van der Waals surface area contributed by atoms with Crippen molar-refractivity contribution in [3.63, 3.8) is 0 Å². The second kappa shape index (κ2) is 5.76. The zero-order valence-electron chi connectivity index (χ0n) is 11.8. The molecule has 0 bridgehead atoms. The van der Waals surface area contributed by atoms with Crippen molar-refractivity contribution in [1.29, 1.82) is 0 Å². The summed E-state index contributed by atoms with van der Waals surface area (Å²) in [5.41, 5.74) is 0.525. The first-order chi connectivity index (χ1) is 10.6. The van der Waals surface area contributed by atoms with Gasteiger partial charge in [-0.05, 0) is 6.07 Å². The molecule has 3 aromatic rings. The van der Waals surface area contributed by atoms with E-state index in [-0.39, 0.29) is 12.3 Å². The molecule has 0 spiro atoms. The van der Waals surface area contributed by atoms with Crippen LogP contribution in [0.15, 0.2) is 43.0 Å². The maximum atomic E-state index is 13.1. The quantitative estimate of drug-likeness (QED) is 0.737. The average Bonchev–Trinajstić information content (AvgIpc) is 3.09. The van der Waals surface area contributed by atoms with E-state index in [1.54, 1.807) is 35.3 Å². The van der Waals surface area contributed by atoms with Crippen LogP contribution in [0.2, 0.25) is 0 Å². The molecule has 0 saturated heterocycles. The Morgan fingerprint density at radius 3 is 2.86 bits per heavy atom. The molecule has 0 atom stereocenters. The molecule has 0 fully saturated rings. The molecule has 3 rings (SSSR count). The molecular formula is C14H13FN6O. The lowest BCUT2D eigenvalue weighted by Crippen LogP contribution is -2.17. The highest BCUT2D eigenvalue weighted by molar-refractivity contribution is 5.90. The number of nitrogens with one attached hydrogen (secondary N) is 1. The van der Waals surface area contributed by atoms with Gasteiger partial charge in [-0.2, -0.15) is 9.49 Å². The highest BCUT2D eigenvalue weighted by atomic mass is 19.1. The number of amides is 1. The molecule has 3 heterocycles. The number of nitrogens with zero attached hydrogens (tertiary/aromatic N) is 5. The zero-order valence-corrected chi connectivity index (χ0v) is 11.8. The van der Waals surface area contributed by atoms with Crippen molar-refractivity contribution in [2.24, 2.45) is 7.05 Å². The number of imidazole rings is 1. The van der Waals surface area contributed by atoms with Crippen LogP contribution in [0, 0.1) is 5.95 Å². The first-order valence-electron chi connectivity index (χ1n) is 6.55. The molecule has 22 heavy (non-hydrogen) atoms. The molecule has 0 aliphatic carbocycles. The number of carbonyl (C=O) groups excluding carboxylic acids is 1. The molecule has 0 unspecified atom stereocenters. The predicted molar refractivity (Wildman–Crippen MR) is 76.9 cm³/mol. The van der Waals surface area contributed by atoms with Gasteiger partial charge in [0.15, 0.2) is 5.82 Å². The van der Waals surface area contributed by atoms with E-state index in [1.807, 2.05) is 7.05 Å². The van der Waals surface area contributed by atoms with Crippen LogP contribution in [0.1, 0.15) is 5.82 Å². The van der Waals surface area contributed by atoms with Gasteiger partial charge in [0.25, 0.3) is 0 Å². The third-order valence-corrected chi connectivity index (χ3v) is 3.07. The summed E-state index contributed by atoms with van der Waals surface area (Å²) >= 11 is 0. The summed E-state index contributed by atoms with van der Waals surface area (Å²) in [6.45, 7) is 0. The summed E-state index contributed by atoms with van der Waals surface area (Å²) in [6, 6.07) is 4.51. The average molecular weight is 300 g/mol. The maximum absolute atomic E-state index is 13.1. The minimum absolute atomic E-state index is 0.153. The van der Waals surface area contributed by atoms with Gasteiger partial charge < -0.3 is 9.88 Å². The van der Waals surface area contributed by atoms with E-state index in [9.17, 15) is 9.18 Å². The van der Waals surface area contributed by atoms with Gasteiger partial charge in [0.1, 0.15) is 5.82 Å². The van der Waals surface area contributed by atoms with Crippen LogP contribution in [0.25, 0.3) is 5.69 Å². The van der Waals surface area contributed by atoms with Crippen molar-refractivity contribution < 1.29 is 9.18 Å². The molecule has 1 amide bonds. The molecule has 0 saturated carbocycles. The Labute approximate surface area is 125 Å². The van der Waals surface area contributed by atoms with Gasteiger partial charge in [-0.3, -0.25) is 4.79 Å². The van der Waals surface area contributed by atoms with E-state index in [4.69, 9.17) is 0 Å². The number of hydrogen-bond donors (Lipinski definition) is 1. The van der Waals surface area contributed by atoms with E-state index < -0.39 is 5.95 Å². The van der Waals surface area contributed by atoms with Crippen LogP contribution in [0.5, 0.6) is 0 Å². The van der Waals surface area contributed by atoms with Crippen molar-refractivity contribution in [1.82, 2.24) is 24.3 Å². The largest absolute Gasteiger partial charge is 0.338 e. The molecular weight excluding hydrogens is 287 g/mol. The summed E-state index contributed by atoms with van der Waals surface area (Å²) in [6.07, 6.45) is 6.54. The van der Waals surface area contributed by atoms with Crippen LogP contribution >= 0.6 is 0 Å². The smallest absolute Gasteiger partial charge is 0.233 e. The summed E-state index contributed by atoms with van der Waals surface area (Å²) in [5, 5.41) is 6.85. The Hall–Kier alpha value is -3.03. The number of halogens is 1. The Morgan fingerprint density at radius 2 is 2.14 bits per heavy atom. The summed E-state index contributed by atoms with van der Waals surface area (Å²) in [7, 11) is 1.82. The van der Waals surface area contributed by atoms with Gasteiger partial charge in [-0.1, -0.05) is 0 Å².